The van der Waals surface area contributed by atoms with Gasteiger partial charge in [0.1, 0.15) is 11.1 Å². The van der Waals surface area contributed by atoms with Gasteiger partial charge in [0.25, 0.3) is 11.8 Å². The molecule has 1 saturated carbocycles. The van der Waals surface area contributed by atoms with Crippen molar-refractivity contribution < 1.29 is 9.59 Å². The van der Waals surface area contributed by atoms with Crippen LogP contribution >= 0.6 is 11.3 Å². The first kappa shape index (κ1) is 23.3. The van der Waals surface area contributed by atoms with Gasteiger partial charge in [-0.2, -0.15) is 11.3 Å². The highest BCUT2D eigenvalue weighted by Crippen LogP contribution is 2.29. The summed E-state index contributed by atoms with van der Waals surface area (Å²) in [5.41, 5.74) is 0.788. The van der Waals surface area contributed by atoms with Crippen LogP contribution in [-0.2, 0) is 6.42 Å². The van der Waals surface area contributed by atoms with E-state index in [2.05, 4.69) is 10.7 Å². The molecule has 7 heteroatoms. The summed E-state index contributed by atoms with van der Waals surface area (Å²) in [7, 11) is 1.71. The quantitative estimate of drug-likeness (QED) is 0.667. The summed E-state index contributed by atoms with van der Waals surface area (Å²) in [6.45, 7) is 6.53. The van der Waals surface area contributed by atoms with Gasteiger partial charge in [-0.1, -0.05) is 26.7 Å². The van der Waals surface area contributed by atoms with Gasteiger partial charge in [-0.3, -0.25) is 14.4 Å². The Morgan fingerprint density at radius 1 is 1.19 bits per heavy atom. The Morgan fingerprint density at radius 2 is 1.87 bits per heavy atom. The topological polar surface area (TPSA) is 71.4 Å². The maximum absolute atomic E-state index is 13.2. The second-order valence-corrected chi connectivity index (χ2v) is 9.87. The number of hydrogen-bond donors (Lipinski definition) is 1. The molecule has 3 rings (SSSR count). The van der Waals surface area contributed by atoms with Gasteiger partial charge in [0, 0.05) is 38.1 Å². The third-order valence-corrected chi connectivity index (χ3v) is 6.48. The lowest BCUT2D eigenvalue weighted by Gasteiger charge is -2.22. The van der Waals surface area contributed by atoms with Crippen LogP contribution in [0, 0.1) is 5.92 Å². The predicted molar refractivity (Wildman–Crippen MR) is 125 cm³/mol. The number of nitrogens with zero attached hydrogens (tertiary/aromatic N) is 2. The SMILES string of the molecule is CC(C)CN(C)C(=O)c1cn(C2CCCC2)cc(C(=O)NC(C)Cc2ccsc2)c1=O. The van der Waals surface area contributed by atoms with E-state index in [9.17, 15) is 14.4 Å². The molecule has 1 aliphatic carbocycles. The molecule has 1 aliphatic rings. The van der Waals surface area contributed by atoms with E-state index in [0.717, 1.165) is 31.2 Å². The fraction of sp³-hybridized carbons (Fsp3) is 0.542. The van der Waals surface area contributed by atoms with Crippen molar-refractivity contribution in [3.8, 4) is 0 Å². The lowest BCUT2D eigenvalue weighted by molar-refractivity contribution is 0.0776. The van der Waals surface area contributed by atoms with Gasteiger partial charge in [-0.05, 0) is 54.5 Å². The fourth-order valence-corrected chi connectivity index (χ4v) is 4.96. The van der Waals surface area contributed by atoms with E-state index in [4.69, 9.17) is 0 Å². The number of thiophene rings is 1. The van der Waals surface area contributed by atoms with Crippen LogP contribution in [0.5, 0.6) is 0 Å². The fourth-order valence-electron chi connectivity index (χ4n) is 4.28. The van der Waals surface area contributed by atoms with Crippen molar-refractivity contribution in [1.82, 2.24) is 14.8 Å². The van der Waals surface area contributed by atoms with Crippen LogP contribution in [0.25, 0.3) is 0 Å². The summed E-state index contributed by atoms with van der Waals surface area (Å²) in [5, 5.41) is 7.01. The molecule has 168 valence electrons. The molecule has 31 heavy (non-hydrogen) atoms. The summed E-state index contributed by atoms with van der Waals surface area (Å²) in [4.78, 5) is 40.9. The van der Waals surface area contributed by atoms with Gasteiger partial charge in [-0.15, -0.1) is 0 Å². The van der Waals surface area contributed by atoms with Crippen LogP contribution < -0.4 is 10.7 Å². The second kappa shape index (κ2) is 10.3. The van der Waals surface area contributed by atoms with E-state index in [1.807, 2.05) is 36.8 Å². The molecule has 6 nitrogen and oxygen atoms in total. The Morgan fingerprint density at radius 3 is 2.48 bits per heavy atom. The van der Waals surface area contributed by atoms with Crippen molar-refractivity contribution in [1.29, 1.82) is 0 Å². The highest BCUT2D eigenvalue weighted by molar-refractivity contribution is 7.07. The molecule has 0 aliphatic heterocycles. The number of carbonyl (C=O) groups excluding carboxylic acids is 2. The first-order valence-electron chi connectivity index (χ1n) is 11.1. The number of pyridine rings is 1. The summed E-state index contributed by atoms with van der Waals surface area (Å²) >= 11 is 1.62. The number of rotatable bonds is 8. The highest BCUT2D eigenvalue weighted by Gasteiger charge is 2.25. The normalized spacial score (nSPS) is 15.3. The Labute approximate surface area is 188 Å². The molecule has 0 spiro atoms. The van der Waals surface area contributed by atoms with E-state index < -0.39 is 11.3 Å². The molecule has 1 N–H and O–H groups in total. The number of nitrogens with one attached hydrogen (secondary N) is 1. The van der Waals surface area contributed by atoms with Crippen molar-refractivity contribution >= 4 is 23.2 Å². The maximum atomic E-state index is 13.2. The van der Waals surface area contributed by atoms with Crippen LogP contribution in [0.4, 0.5) is 0 Å². The first-order valence-corrected chi connectivity index (χ1v) is 12.0. The van der Waals surface area contributed by atoms with E-state index in [1.165, 1.54) is 0 Å². The molecule has 1 atom stereocenters. The van der Waals surface area contributed by atoms with Crippen molar-refractivity contribution in [2.75, 3.05) is 13.6 Å². The highest BCUT2D eigenvalue weighted by atomic mass is 32.1. The Kier molecular flexibility index (Phi) is 7.70. The third kappa shape index (κ3) is 5.85. The van der Waals surface area contributed by atoms with Crippen LogP contribution in [-0.4, -0.2) is 40.9 Å². The zero-order valence-electron chi connectivity index (χ0n) is 18.9. The minimum Gasteiger partial charge on any atom is -0.349 e. The molecule has 2 aromatic heterocycles. The predicted octanol–water partition coefficient (Wildman–Crippen LogP) is 4.11. The Bertz CT molecular complexity index is 959. The van der Waals surface area contributed by atoms with Gasteiger partial charge in [0.2, 0.25) is 5.43 Å². The van der Waals surface area contributed by atoms with Gasteiger partial charge < -0.3 is 14.8 Å². The summed E-state index contributed by atoms with van der Waals surface area (Å²) < 4.78 is 1.92. The zero-order chi connectivity index (χ0) is 22.5. The average Bonchev–Trinajstić information content (AvgIpc) is 3.41. The van der Waals surface area contributed by atoms with Crippen molar-refractivity contribution in [3.05, 3.63) is 56.1 Å². The summed E-state index contributed by atoms with van der Waals surface area (Å²) in [6.07, 6.45) is 8.22. The maximum Gasteiger partial charge on any atom is 0.259 e. The molecule has 1 fully saturated rings. The Balaban J connectivity index is 1.90. The average molecular weight is 444 g/mol. The number of hydrogen-bond acceptors (Lipinski definition) is 4. The minimum atomic E-state index is -0.491. The standard InChI is InChI=1S/C24H33N3O3S/c1-16(2)12-26(4)24(30)21-14-27(19-7-5-6-8-19)13-20(22(21)28)23(29)25-17(3)11-18-9-10-31-15-18/h9-10,13-17,19H,5-8,11-12H2,1-4H3,(H,25,29). The van der Waals surface area contributed by atoms with Crippen LogP contribution in [0.3, 0.4) is 0 Å². The van der Waals surface area contributed by atoms with E-state index in [-0.39, 0.29) is 35.0 Å². The van der Waals surface area contributed by atoms with Gasteiger partial charge in [0.15, 0.2) is 0 Å². The molecule has 1 unspecified atom stereocenters. The molecule has 2 amide bonds. The molecule has 2 heterocycles. The minimum absolute atomic E-state index is 0.0489. The zero-order valence-corrected chi connectivity index (χ0v) is 19.7. The van der Waals surface area contributed by atoms with Crippen LogP contribution in [0.1, 0.15) is 78.8 Å². The van der Waals surface area contributed by atoms with Gasteiger partial charge in [0.05, 0.1) is 0 Å². The molecule has 0 saturated heterocycles. The van der Waals surface area contributed by atoms with Crippen LogP contribution in [0.2, 0.25) is 0 Å². The van der Waals surface area contributed by atoms with Gasteiger partial charge in [-0.25, -0.2) is 0 Å². The van der Waals surface area contributed by atoms with Crippen molar-refractivity contribution in [2.45, 2.75) is 65.0 Å². The number of amides is 2. The number of carbonyl (C=O) groups is 2. The van der Waals surface area contributed by atoms with Gasteiger partial charge >= 0.3 is 0 Å². The van der Waals surface area contributed by atoms with Crippen LogP contribution in [0.15, 0.2) is 34.0 Å². The second-order valence-electron chi connectivity index (χ2n) is 9.09. The molecular weight excluding hydrogens is 410 g/mol. The monoisotopic (exact) mass is 443 g/mol. The smallest absolute Gasteiger partial charge is 0.259 e. The van der Waals surface area contributed by atoms with E-state index in [0.29, 0.717) is 13.0 Å². The first-order chi connectivity index (χ1) is 14.8. The summed E-state index contributed by atoms with van der Waals surface area (Å²) in [5.74, 6) is -0.456. The molecule has 0 bridgehead atoms. The Hall–Kier alpha value is -2.41. The van der Waals surface area contributed by atoms with E-state index in [1.54, 1.807) is 35.7 Å². The molecular formula is C24H33N3O3S. The van der Waals surface area contributed by atoms with Crippen molar-refractivity contribution in [2.24, 2.45) is 5.92 Å². The summed E-state index contributed by atoms with van der Waals surface area (Å²) in [6, 6.07) is 2.13. The lowest BCUT2D eigenvalue weighted by Crippen LogP contribution is -2.40. The largest absolute Gasteiger partial charge is 0.349 e. The lowest BCUT2D eigenvalue weighted by atomic mass is 10.1. The van der Waals surface area contributed by atoms with Crippen molar-refractivity contribution in [3.63, 3.8) is 0 Å². The van der Waals surface area contributed by atoms with E-state index >= 15 is 0 Å². The third-order valence-electron chi connectivity index (χ3n) is 5.75. The molecule has 0 aromatic carbocycles. The molecule has 2 aromatic rings. The number of aromatic nitrogens is 1. The molecule has 0 radical (unpaired) electrons.